The summed E-state index contributed by atoms with van der Waals surface area (Å²) in [6, 6.07) is 15.2. The zero-order chi connectivity index (χ0) is 14.4. The van der Waals surface area contributed by atoms with Crippen molar-refractivity contribution < 1.29 is 14.3 Å². The van der Waals surface area contributed by atoms with E-state index in [1.807, 2.05) is 49.4 Å². The van der Waals surface area contributed by atoms with E-state index in [2.05, 4.69) is 0 Å². The van der Waals surface area contributed by atoms with Gasteiger partial charge in [-0.1, -0.05) is 24.3 Å². The van der Waals surface area contributed by atoms with E-state index >= 15 is 0 Å². The van der Waals surface area contributed by atoms with Crippen molar-refractivity contribution in [2.75, 3.05) is 7.11 Å². The fraction of sp³-hybridized carbons (Fsp3) is 0.235. The standard InChI is InChI=1S/C17H18O3/c1-13-5-3-8-16(11-13)20-17(18)10-9-14-6-4-7-15(12-14)19-2/h3-8,11-12H,9-10H2,1-2H3. The van der Waals surface area contributed by atoms with Crippen molar-refractivity contribution in [1.82, 2.24) is 0 Å². The van der Waals surface area contributed by atoms with Crippen molar-refractivity contribution in [3.8, 4) is 11.5 Å². The third-order valence-corrected chi connectivity index (χ3v) is 2.97. The highest BCUT2D eigenvalue weighted by molar-refractivity contribution is 5.72. The van der Waals surface area contributed by atoms with Crippen LogP contribution in [0.3, 0.4) is 0 Å². The molecule has 0 fully saturated rings. The van der Waals surface area contributed by atoms with Crippen LogP contribution in [-0.2, 0) is 11.2 Å². The number of hydrogen-bond donors (Lipinski definition) is 0. The van der Waals surface area contributed by atoms with Crippen LogP contribution in [0.1, 0.15) is 17.5 Å². The first kappa shape index (κ1) is 14.1. The van der Waals surface area contributed by atoms with Crippen LogP contribution in [0.5, 0.6) is 11.5 Å². The molecule has 20 heavy (non-hydrogen) atoms. The van der Waals surface area contributed by atoms with E-state index in [-0.39, 0.29) is 5.97 Å². The molecule has 0 spiro atoms. The molecule has 104 valence electrons. The van der Waals surface area contributed by atoms with Gasteiger partial charge in [0.2, 0.25) is 0 Å². The third-order valence-electron chi connectivity index (χ3n) is 2.97. The van der Waals surface area contributed by atoms with Crippen LogP contribution in [0.2, 0.25) is 0 Å². The number of ether oxygens (including phenoxy) is 2. The number of aryl methyl sites for hydroxylation is 2. The van der Waals surface area contributed by atoms with Gasteiger partial charge in [0.25, 0.3) is 0 Å². The molecule has 0 heterocycles. The van der Waals surface area contributed by atoms with Gasteiger partial charge >= 0.3 is 5.97 Å². The predicted molar refractivity (Wildman–Crippen MR) is 78.1 cm³/mol. The fourth-order valence-electron chi connectivity index (χ4n) is 1.94. The highest BCUT2D eigenvalue weighted by Crippen LogP contribution is 2.16. The summed E-state index contributed by atoms with van der Waals surface area (Å²) < 4.78 is 10.5. The summed E-state index contributed by atoms with van der Waals surface area (Å²) in [5.74, 6) is 1.17. The molecule has 0 saturated heterocycles. The molecule has 0 amide bonds. The number of carbonyl (C=O) groups excluding carboxylic acids is 1. The summed E-state index contributed by atoms with van der Waals surface area (Å²) >= 11 is 0. The lowest BCUT2D eigenvalue weighted by Gasteiger charge is -2.06. The minimum atomic E-state index is -0.224. The quantitative estimate of drug-likeness (QED) is 0.615. The first-order chi connectivity index (χ1) is 9.67. The Morgan fingerprint density at radius 1 is 1.05 bits per heavy atom. The predicted octanol–water partition coefficient (Wildman–Crippen LogP) is 3.54. The van der Waals surface area contributed by atoms with E-state index in [1.54, 1.807) is 13.2 Å². The molecule has 3 heteroatoms. The normalized spacial score (nSPS) is 10.1. The Balaban J connectivity index is 1.88. The minimum absolute atomic E-state index is 0.224. The van der Waals surface area contributed by atoms with Gasteiger partial charge in [0.1, 0.15) is 11.5 Å². The van der Waals surface area contributed by atoms with Crippen molar-refractivity contribution in [2.24, 2.45) is 0 Å². The van der Waals surface area contributed by atoms with Gasteiger partial charge in [0.15, 0.2) is 0 Å². The molecule has 0 aliphatic rings. The molecule has 0 atom stereocenters. The summed E-state index contributed by atoms with van der Waals surface area (Å²) in [5, 5.41) is 0. The van der Waals surface area contributed by atoms with Crippen LogP contribution in [0.4, 0.5) is 0 Å². The first-order valence-corrected chi connectivity index (χ1v) is 6.57. The maximum absolute atomic E-state index is 11.8. The summed E-state index contributed by atoms with van der Waals surface area (Å²) in [6.45, 7) is 1.97. The molecule has 2 aromatic rings. The topological polar surface area (TPSA) is 35.5 Å². The van der Waals surface area contributed by atoms with Crippen LogP contribution in [0, 0.1) is 6.92 Å². The molecule has 3 nitrogen and oxygen atoms in total. The molecule has 0 N–H and O–H groups in total. The van der Waals surface area contributed by atoms with Gasteiger partial charge < -0.3 is 9.47 Å². The Bertz CT molecular complexity index is 590. The summed E-state index contributed by atoms with van der Waals surface area (Å²) in [5.41, 5.74) is 2.13. The third kappa shape index (κ3) is 4.12. The Kier molecular flexibility index (Phi) is 4.77. The van der Waals surface area contributed by atoms with E-state index in [1.165, 1.54) is 0 Å². The van der Waals surface area contributed by atoms with E-state index in [0.29, 0.717) is 18.6 Å². The fourth-order valence-corrected chi connectivity index (χ4v) is 1.94. The molecule has 0 aliphatic heterocycles. The number of methoxy groups -OCH3 is 1. The monoisotopic (exact) mass is 270 g/mol. The van der Waals surface area contributed by atoms with E-state index in [0.717, 1.165) is 16.9 Å². The summed E-state index contributed by atoms with van der Waals surface area (Å²) in [4.78, 5) is 11.8. The number of esters is 1. The van der Waals surface area contributed by atoms with E-state index in [4.69, 9.17) is 9.47 Å². The second kappa shape index (κ2) is 6.75. The highest BCUT2D eigenvalue weighted by atomic mass is 16.5. The van der Waals surface area contributed by atoms with Gasteiger partial charge in [-0.3, -0.25) is 4.79 Å². The lowest BCUT2D eigenvalue weighted by molar-refractivity contribution is -0.134. The zero-order valence-corrected chi connectivity index (χ0v) is 11.8. The number of benzene rings is 2. The molecule has 0 unspecified atom stereocenters. The summed E-state index contributed by atoms with van der Waals surface area (Å²) in [7, 11) is 1.63. The van der Waals surface area contributed by atoms with Crippen LogP contribution >= 0.6 is 0 Å². The second-order valence-electron chi connectivity index (χ2n) is 4.64. The molecule has 0 aliphatic carbocycles. The van der Waals surface area contributed by atoms with Crippen molar-refractivity contribution in [2.45, 2.75) is 19.8 Å². The molecule has 0 saturated carbocycles. The van der Waals surface area contributed by atoms with Crippen molar-refractivity contribution in [3.63, 3.8) is 0 Å². The van der Waals surface area contributed by atoms with Crippen LogP contribution in [0.25, 0.3) is 0 Å². The lowest BCUT2D eigenvalue weighted by Crippen LogP contribution is -2.09. The molecular formula is C17H18O3. The Labute approximate surface area is 119 Å². The SMILES string of the molecule is COc1cccc(CCC(=O)Oc2cccc(C)c2)c1. The molecule has 0 aromatic heterocycles. The average molecular weight is 270 g/mol. The molecule has 2 rings (SSSR count). The lowest BCUT2D eigenvalue weighted by atomic mass is 10.1. The number of rotatable bonds is 5. The van der Waals surface area contributed by atoms with Gasteiger partial charge in [0.05, 0.1) is 7.11 Å². The second-order valence-corrected chi connectivity index (χ2v) is 4.64. The van der Waals surface area contributed by atoms with Crippen molar-refractivity contribution in [3.05, 3.63) is 59.7 Å². The molecular weight excluding hydrogens is 252 g/mol. The van der Waals surface area contributed by atoms with E-state index in [9.17, 15) is 4.79 Å². The Morgan fingerprint density at radius 3 is 2.55 bits per heavy atom. The van der Waals surface area contributed by atoms with Gasteiger partial charge in [-0.15, -0.1) is 0 Å². The van der Waals surface area contributed by atoms with Gasteiger partial charge in [-0.25, -0.2) is 0 Å². The van der Waals surface area contributed by atoms with Crippen LogP contribution in [0.15, 0.2) is 48.5 Å². The van der Waals surface area contributed by atoms with Gasteiger partial charge in [0, 0.05) is 6.42 Å². The van der Waals surface area contributed by atoms with E-state index < -0.39 is 0 Å². The van der Waals surface area contributed by atoms with Crippen LogP contribution < -0.4 is 9.47 Å². The molecule has 2 aromatic carbocycles. The molecule has 0 bridgehead atoms. The largest absolute Gasteiger partial charge is 0.497 e. The maximum atomic E-state index is 11.8. The summed E-state index contributed by atoms with van der Waals surface area (Å²) in [6.07, 6.45) is 0.989. The first-order valence-electron chi connectivity index (χ1n) is 6.57. The van der Waals surface area contributed by atoms with Gasteiger partial charge in [-0.2, -0.15) is 0 Å². The number of hydrogen-bond acceptors (Lipinski definition) is 3. The Morgan fingerprint density at radius 2 is 1.80 bits per heavy atom. The highest BCUT2D eigenvalue weighted by Gasteiger charge is 2.06. The Hall–Kier alpha value is -2.29. The smallest absolute Gasteiger partial charge is 0.311 e. The van der Waals surface area contributed by atoms with Crippen molar-refractivity contribution >= 4 is 5.97 Å². The average Bonchev–Trinajstić information content (AvgIpc) is 2.45. The molecule has 0 radical (unpaired) electrons. The van der Waals surface area contributed by atoms with Crippen molar-refractivity contribution in [1.29, 1.82) is 0 Å². The minimum Gasteiger partial charge on any atom is -0.497 e. The maximum Gasteiger partial charge on any atom is 0.311 e. The zero-order valence-electron chi connectivity index (χ0n) is 11.8. The number of carbonyl (C=O) groups is 1. The van der Waals surface area contributed by atoms with Crippen LogP contribution in [-0.4, -0.2) is 13.1 Å². The van der Waals surface area contributed by atoms with Gasteiger partial charge in [-0.05, 0) is 48.7 Å².